The molecule has 0 aliphatic rings. The molecule has 0 aromatic heterocycles. The minimum absolute atomic E-state index is 0.0624. The smallest absolute Gasteiger partial charge is 0.125 e. The van der Waals surface area contributed by atoms with Gasteiger partial charge in [0.05, 0.1) is 0 Å². The Morgan fingerprint density at radius 1 is 1.46 bits per heavy atom. The zero-order valence-electron chi connectivity index (χ0n) is 8.89. The van der Waals surface area contributed by atoms with E-state index in [1.807, 2.05) is 13.0 Å². The quantitative estimate of drug-likeness (QED) is 0.478. The normalized spacial score (nSPS) is 13.8. The predicted octanol–water partition coefficient (Wildman–Crippen LogP) is 4.15. The number of allylic oxidation sites excluding steroid dienone is 2. The fraction of sp³-hybridized carbons (Fsp3) is 0.545. The van der Waals surface area contributed by atoms with Crippen molar-refractivity contribution in [3.8, 4) is 0 Å². The maximum atomic E-state index is 5.80. The van der Waals surface area contributed by atoms with E-state index in [1.165, 1.54) is 0 Å². The molecule has 13 heavy (non-hydrogen) atoms. The Morgan fingerprint density at radius 2 is 2.00 bits per heavy atom. The van der Waals surface area contributed by atoms with Crippen LogP contribution in [0, 0.1) is 5.41 Å². The first-order chi connectivity index (χ1) is 5.88. The Balaban J connectivity index is 4.30. The molecular weight excluding hydrogens is 182 g/mol. The molecule has 0 heterocycles. The van der Waals surface area contributed by atoms with Crippen molar-refractivity contribution in [3.63, 3.8) is 0 Å². The third-order valence-corrected chi connectivity index (χ3v) is 1.93. The zero-order chi connectivity index (χ0) is 10.5. The number of nitrogens with zero attached hydrogens (tertiary/aromatic N) is 1. The molecule has 0 amide bonds. The van der Waals surface area contributed by atoms with Crippen LogP contribution in [0.25, 0.3) is 0 Å². The molecule has 0 spiro atoms. The van der Waals surface area contributed by atoms with Crippen molar-refractivity contribution in [1.29, 1.82) is 0 Å². The molecule has 1 nitrogen and oxygen atoms in total. The van der Waals surface area contributed by atoms with Crippen molar-refractivity contribution in [3.05, 3.63) is 23.4 Å². The van der Waals surface area contributed by atoms with Gasteiger partial charge in [-0.15, -0.1) is 0 Å². The summed E-state index contributed by atoms with van der Waals surface area (Å²) in [4.78, 5) is 4.08. The zero-order valence-corrected chi connectivity index (χ0v) is 9.65. The molecule has 0 saturated carbocycles. The van der Waals surface area contributed by atoms with Crippen LogP contribution in [0.3, 0.4) is 0 Å². The van der Waals surface area contributed by atoms with Crippen molar-refractivity contribution < 1.29 is 0 Å². The van der Waals surface area contributed by atoms with Gasteiger partial charge >= 0.3 is 0 Å². The molecule has 0 aliphatic heterocycles. The lowest BCUT2D eigenvalue weighted by molar-refractivity contribution is 0.528. The highest BCUT2D eigenvalue weighted by molar-refractivity contribution is 6.29. The van der Waals surface area contributed by atoms with Crippen molar-refractivity contribution in [2.45, 2.75) is 34.1 Å². The minimum atomic E-state index is 0.0624. The number of aliphatic imine (C=N–C) groups is 1. The Morgan fingerprint density at radius 3 is 2.38 bits per heavy atom. The lowest BCUT2D eigenvalue weighted by Crippen LogP contribution is -2.08. The summed E-state index contributed by atoms with van der Waals surface area (Å²) in [5.41, 5.74) is 1.04. The maximum absolute atomic E-state index is 5.80. The molecule has 0 unspecified atom stereocenters. The van der Waals surface area contributed by atoms with Crippen LogP contribution < -0.4 is 0 Å². The van der Waals surface area contributed by atoms with Crippen LogP contribution >= 0.6 is 11.6 Å². The van der Waals surface area contributed by atoms with Crippen molar-refractivity contribution in [1.82, 2.24) is 0 Å². The van der Waals surface area contributed by atoms with Gasteiger partial charge < -0.3 is 0 Å². The monoisotopic (exact) mass is 199 g/mol. The molecule has 0 N–H and O–H groups in total. The third-order valence-electron chi connectivity index (χ3n) is 1.68. The van der Waals surface area contributed by atoms with Crippen LogP contribution in [0.2, 0.25) is 0 Å². The molecule has 2 heteroatoms. The second-order valence-corrected chi connectivity index (χ2v) is 4.36. The van der Waals surface area contributed by atoms with Gasteiger partial charge in [0.2, 0.25) is 0 Å². The highest BCUT2D eigenvalue weighted by Gasteiger charge is 2.12. The van der Waals surface area contributed by atoms with Gasteiger partial charge in [-0.1, -0.05) is 45.9 Å². The van der Waals surface area contributed by atoms with Gasteiger partial charge in [0, 0.05) is 6.21 Å². The molecule has 0 bridgehead atoms. The van der Waals surface area contributed by atoms with Gasteiger partial charge in [0.1, 0.15) is 5.16 Å². The largest absolute Gasteiger partial charge is 0.245 e. The Labute approximate surface area is 86.2 Å². The van der Waals surface area contributed by atoms with E-state index < -0.39 is 0 Å². The van der Waals surface area contributed by atoms with E-state index in [9.17, 15) is 0 Å². The molecule has 0 aromatic rings. The van der Waals surface area contributed by atoms with Crippen LogP contribution in [0.4, 0.5) is 0 Å². The molecule has 74 valence electrons. The molecule has 0 aliphatic carbocycles. The summed E-state index contributed by atoms with van der Waals surface area (Å²) < 4.78 is 0. The third kappa shape index (κ3) is 5.64. The molecule has 0 atom stereocenters. The van der Waals surface area contributed by atoms with E-state index >= 15 is 0 Å². The van der Waals surface area contributed by atoms with Crippen molar-refractivity contribution in [2.75, 3.05) is 0 Å². The molecule has 0 fully saturated rings. The molecule has 0 aromatic carbocycles. The molecule has 0 rings (SSSR count). The number of halogens is 1. The SMILES string of the molecule is C=C(/C=N\C(Cl)=C/CC)C(C)(C)C. The van der Waals surface area contributed by atoms with Crippen molar-refractivity contribution >= 4 is 17.8 Å². The second-order valence-electron chi connectivity index (χ2n) is 3.97. The highest BCUT2D eigenvalue weighted by atomic mass is 35.5. The maximum Gasteiger partial charge on any atom is 0.125 e. The summed E-state index contributed by atoms with van der Waals surface area (Å²) in [6.45, 7) is 12.2. The summed E-state index contributed by atoms with van der Waals surface area (Å²) in [6, 6.07) is 0. The number of rotatable bonds is 3. The van der Waals surface area contributed by atoms with Crippen LogP contribution in [0.5, 0.6) is 0 Å². The lowest BCUT2D eigenvalue weighted by Gasteiger charge is -2.17. The predicted molar refractivity (Wildman–Crippen MR) is 61.3 cm³/mol. The van der Waals surface area contributed by atoms with Crippen LogP contribution in [-0.4, -0.2) is 6.21 Å². The Hall–Kier alpha value is -0.560. The number of hydrogen-bond acceptors (Lipinski definition) is 1. The van der Waals surface area contributed by atoms with E-state index in [1.54, 1.807) is 6.21 Å². The average Bonchev–Trinajstić information content (AvgIpc) is 1.99. The van der Waals surface area contributed by atoms with E-state index in [4.69, 9.17) is 11.6 Å². The average molecular weight is 200 g/mol. The first-order valence-electron chi connectivity index (χ1n) is 4.47. The van der Waals surface area contributed by atoms with E-state index in [-0.39, 0.29) is 5.41 Å². The molecule has 0 saturated heterocycles. The lowest BCUT2D eigenvalue weighted by atomic mass is 9.88. The standard InChI is InChI=1S/C11H18ClN/c1-6-7-10(12)13-8-9(2)11(3,4)5/h7-8H,2,6H2,1,3-5H3/b10-7-,13-8-. The first kappa shape index (κ1) is 12.4. The molecule has 0 radical (unpaired) electrons. The minimum Gasteiger partial charge on any atom is -0.245 e. The van der Waals surface area contributed by atoms with Crippen molar-refractivity contribution in [2.24, 2.45) is 10.4 Å². The topological polar surface area (TPSA) is 12.4 Å². The van der Waals surface area contributed by atoms with Crippen LogP contribution in [-0.2, 0) is 0 Å². The van der Waals surface area contributed by atoms with Gasteiger partial charge in [-0.25, -0.2) is 4.99 Å². The van der Waals surface area contributed by atoms with Gasteiger partial charge in [-0.05, 0) is 23.5 Å². The Bertz CT molecular complexity index is 231. The fourth-order valence-corrected chi connectivity index (χ4v) is 0.757. The summed E-state index contributed by atoms with van der Waals surface area (Å²) in [5, 5.41) is 0.535. The molecular formula is C11H18ClN. The second kappa shape index (κ2) is 5.23. The highest BCUT2D eigenvalue weighted by Crippen LogP contribution is 2.22. The van der Waals surface area contributed by atoms with E-state index in [2.05, 4.69) is 32.3 Å². The van der Waals surface area contributed by atoms with Gasteiger partial charge in [-0.3, -0.25) is 0 Å². The van der Waals surface area contributed by atoms with E-state index in [0.29, 0.717) is 5.16 Å². The Kier molecular flexibility index (Phi) is 5.01. The van der Waals surface area contributed by atoms with E-state index in [0.717, 1.165) is 12.0 Å². The van der Waals surface area contributed by atoms with Gasteiger partial charge in [0.25, 0.3) is 0 Å². The van der Waals surface area contributed by atoms with Gasteiger partial charge in [-0.2, -0.15) is 0 Å². The fourth-order valence-electron chi connectivity index (χ4n) is 0.554. The van der Waals surface area contributed by atoms with Crippen LogP contribution in [0.15, 0.2) is 28.4 Å². The summed E-state index contributed by atoms with van der Waals surface area (Å²) in [5.74, 6) is 0. The van der Waals surface area contributed by atoms with Crippen LogP contribution in [0.1, 0.15) is 34.1 Å². The summed E-state index contributed by atoms with van der Waals surface area (Å²) >= 11 is 5.80. The number of hydrogen-bond donors (Lipinski definition) is 0. The first-order valence-corrected chi connectivity index (χ1v) is 4.85. The van der Waals surface area contributed by atoms with Gasteiger partial charge in [0.15, 0.2) is 0 Å². The summed E-state index contributed by atoms with van der Waals surface area (Å²) in [6.07, 6.45) is 4.50. The summed E-state index contributed by atoms with van der Waals surface area (Å²) in [7, 11) is 0.